The minimum atomic E-state index is -0.836. The summed E-state index contributed by atoms with van der Waals surface area (Å²) >= 11 is 5.69. The third-order valence-corrected chi connectivity index (χ3v) is 4.26. The van der Waals surface area contributed by atoms with E-state index >= 15 is 0 Å². The maximum absolute atomic E-state index is 13.6. The molecule has 1 N–H and O–H groups in total. The summed E-state index contributed by atoms with van der Waals surface area (Å²) in [6.45, 7) is 7.25. The van der Waals surface area contributed by atoms with Gasteiger partial charge in [0.25, 0.3) is 0 Å². The zero-order valence-corrected chi connectivity index (χ0v) is 12.6. The minimum absolute atomic E-state index is 0.0614. The second-order valence-electron chi connectivity index (χ2n) is 6.30. The van der Waals surface area contributed by atoms with Crippen molar-refractivity contribution in [2.75, 3.05) is 13.1 Å². The fourth-order valence-electron chi connectivity index (χ4n) is 2.68. The number of rotatable bonds is 2. The highest BCUT2D eigenvalue weighted by Gasteiger charge is 2.42. The second-order valence-corrected chi connectivity index (χ2v) is 6.71. The van der Waals surface area contributed by atoms with E-state index in [0.29, 0.717) is 18.7 Å². The van der Waals surface area contributed by atoms with Crippen LogP contribution < -0.4 is 0 Å². The van der Waals surface area contributed by atoms with Crippen molar-refractivity contribution in [1.29, 1.82) is 0 Å². The lowest BCUT2D eigenvalue weighted by atomic mass is 9.89. The van der Waals surface area contributed by atoms with Crippen molar-refractivity contribution >= 4 is 17.6 Å². The Bertz CT molecular complexity index is 527. The Morgan fingerprint density at radius 1 is 1.40 bits per heavy atom. The number of nitrogens with zero attached hydrogens (tertiary/aromatic N) is 1. The summed E-state index contributed by atoms with van der Waals surface area (Å²) in [4.78, 5) is 13.6. The van der Waals surface area contributed by atoms with Crippen molar-refractivity contribution in [3.05, 3.63) is 34.6 Å². The summed E-state index contributed by atoms with van der Waals surface area (Å²) in [5.41, 5.74) is 0.596. The van der Waals surface area contributed by atoms with Crippen molar-refractivity contribution in [2.45, 2.75) is 32.2 Å². The van der Waals surface area contributed by atoms with Gasteiger partial charge in [-0.15, -0.1) is 0 Å². The summed E-state index contributed by atoms with van der Waals surface area (Å²) in [6, 6.07) is 4.57. The highest BCUT2D eigenvalue weighted by molar-refractivity contribution is 6.30. The number of carboxylic acids is 1. The van der Waals surface area contributed by atoms with Crippen molar-refractivity contribution in [3.63, 3.8) is 0 Å². The fourth-order valence-corrected chi connectivity index (χ4v) is 2.80. The predicted octanol–water partition coefficient (Wildman–Crippen LogP) is 3.38. The standard InChI is InChI=1S/C15H19ClFNO2/c1-15(2,3)18-7-10(11(8-18)14(19)20)9-4-5-12(16)13(17)6-9/h4-6,10-11H,7-8H2,1-3H3,(H,19,20)/t10-,11+/m0/s1. The molecule has 1 heterocycles. The Kier molecular flexibility index (Phi) is 4.07. The molecule has 0 bridgehead atoms. The van der Waals surface area contributed by atoms with E-state index in [4.69, 9.17) is 11.6 Å². The van der Waals surface area contributed by atoms with E-state index in [-0.39, 0.29) is 16.5 Å². The van der Waals surface area contributed by atoms with E-state index in [1.165, 1.54) is 12.1 Å². The van der Waals surface area contributed by atoms with Gasteiger partial charge in [0, 0.05) is 24.5 Å². The number of hydrogen-bond acceptors (Lipinski definition) is 2. The van der Waals surface area contributed by atoms with Crippen LogP contribution in [0.1, 0.15) is 32.3 Å². The number of hydrogen-bond donors (Lipinski definition) is 1. The van der Waals surface area contributed by atoms with E-state index in [1.54, 1.807) is 6.07 Å². The highest BCUT2D eigenvalue weighted by Crippen LogP contribution is 2.37. The van der Waals surface area contributed by atoms with Gasteiger partial charge in [0.1, 0.15) is 5.82 Å². The van der Waals surface area contributed by atoms with Crippen molar-refractivity contribution < 1.29 is 14.3 Å². The predicted molar refractivity (Wildman–Crippen MR) is 76.6 cm³/mol. The maximum Gasteiger partial charge on any atom is 0.308 e. The summed E-state index contributed by atoms with van der Waals surface area (Å²) in [5.74, 6) is -2.06. The topological polar surface area (TPSA) is 40.5 Å². The SMILES string of the molecule is CC(C)(C)N1C[C@@H](C(=O)O)[C@H](c2ccc(Cl)c(F)c2)C1. The lowest BCUT2D eigenvalue weighted by Crippen LogP contribution is -2.40. The Morgan fingerprint density at radius 3 is 2.55 bits per heavy atom. The summed E-state index contributed by atoms with van der Waals surface area (Å²) in [5, 5.41) is 9.47. The molecule has 0 spiro atoms. The van der Waals surface area contributed by atoms with Gasteiger partial charge in [0.15, 0.2) is 0 Å². The first-order valence-electron chi connectivity index (χ1n) is 6.63. The molecule has 1 aliphatic rings. The van der Waals surface area contributed by atoms with Crippen LogP contribution in [0.4, 0.5) is 4.39 Å². The Morgan fingerprint density at radius 2 is 2.05 bits per heavy atom. The molecular weight excluding hydrogens is 281 g/mol. The van der Waals surface area contributed by atoms with Crippen LogP contribution in [0.2, 0.25) is 5.02 Å². The Balaban J connectivity index is 2.32. The molecule has 1 aliphatic heterocycles. The van der Waals surface area contributed by atoms with Gasteiger partial charge in [-0.3, -0.25) is 9.69 Å². The van der Waals surface area contributed by atoms with Crippen LogP contribution in [0.15, 0.2) is 18.2 Å². The second kappa shape index (κ2) is 5.34. The Labute approximate surface area is 123 Å². The van der Waals surface area contributed by atoms with E-state index in [9.17, 15) is 14.3 Å². The number of carboxylic acid groups (broad SMARTS) is 1. The van der Waals surface area contributed by atoms with Gasteiger partial charge in [-0.05, 0) is 38.5 Å². The summed E-state index contributed by atoms with van der Waals surface area (Å²) in [6.07, 6.45) is 0. The van der Waals surface area contributed by atoms with Crippen molar-refractivity contribution in [2.24, 2.45) is 5.92 Å². The molecule has 0 unspecified atom stereocenters. The summed E-state index contributed by atoms with van der Waals surface area (Å²) < 4.78 is 13.6. The minimum Gasteiger partial charge on any atom is -0.481 e. The zero-order chi connectivity index (χ0) is 15.1. The molecule has 0 radical (unpaired) electrons. The quantitative estimate of drug-likeness (QED) is 0.910. The first kappa shape index (κ1) is 15.3. The third kappa shape index (κ3) is 2.96. The average molecular weight is 300 g/mol. The van der Waals surface area contributed by atoms with Crippen LogP contribution in [-0.4, -0.2) is 34.6 Å². The molecule has 2 atom stereocenters. The maximum atomic E-state index is 13.6. The number of carbonyl (C=O) groups is 1. The molecule has 0 amide bonds. The van der Waals surface area contributed by atoms with Crippen LogP contribution in [0.5, 0.6) is 0 Å². The molecule has 3 nitrogen and oxygen atoms in total. The van der Waals surface area contributed by atoms with Crippen LogP contribution in [0, 0.1) is 11.7 Å². The molecule has 1 aromatic carbocycles. The van der Waals surface area contributed by atoms with Gasteiger partial charge < -0.3 is 5.11 Å². The largest absolute Gasteiger partial charge is 0.481 e. The molecule has 110 valence electrons. The van der Waals surface area contributed by atoms with Crippen molar-refractivity contribution in [1.82, 2.24) is 4.90 Å². The van der Waals surface area contributed by atoms with Crippen LogP contribution in [-0.2, 0) is 4.79 Å². The van der Waals surface area contributed by atoms with Crippen LogP contribution in [0.25, 0.3) is 0 Å². The van der Waals surface area contributed by atoms with E-state index < -0.39 is 17.7 Å². The molecule has 5 heteroatoms. The number of benzene rings is 1. The Hall–Kier alpha value is -1.13. The molecule has 0 saturated carbocycles. The fraction of sp³-hybridized carbons (Fsp3) is 0.533. The van der Waals surface area contributed by atoms with Crippen molar-refractivity contribution in [3.8, 4) is 0 Å². The van der Waals surface area contributed by atoms with Gasteiger partial charge >= 0.3 is 5.97 Å². The molecule has 2 rings (SSSR count). The number of aliphatic carboxylic acids is 1. The normalized spacial score (nSPS) is 24.1. The van der Waals surface area contributed by atoms with Gasteiger partial charge in [-0.1, -0.05) is 17.7 Å². The number of likely N-dealkylation sites (tertiary alicyclic amines) is 1. The van der Waals surface area contributed by atoms with Crippen LogP contribution in [0.3, 0.4) is 0 Å². The molecule has 1 saturated heterocycles. The lowest BCUT2D eigenvalue weighted by Gasteiger charge is -2.31. The van der Waals surface area contributed by atoms with Crippen LogP contribution >= 0.6 is 11.6 Å². The first-order valence-corrected chi connectivity index (χ1v) is 7.00. The molecule has 1 fully saturated rings. The zero-order valence-electron chi connectivity index (χ0n) is 11.9. The van der Waals surface area contributed by atoms with Gasteiger partial charge in [-0.2, -0.15) is 0 Å². The molecule has 20 heavy (non-hydrogen) atoms. The first-order chi connectivity index (χ1) is 9.20. The lowest BCUT2D eigenvalue weighted by molar-refractivity contribution is -0.141. The third-order valence-electron chi connectivity index (χ3n) is 3.96. The average Bonchev–Trinajstić information content (AvgIpc) is 2.77. The van der Waals surface area contributed by atoms with E-state index in [2.05, 4.69) is 25.7 Å². The van der Waals surface area contributed by atoms with Gasteiger partial charge in [-0.25, -0.2) is 4.39 Å². The monoisotopic (exact) mass is 299 g/mol. The smallest absolute Gasteiger partial charge is 0.308 e. The van der Waals surface area contributed by atoms with E-state index in [0.717, 1.165) is 0 Å². The molecule has 0 aromatic heterocycles. The summed E-state index contributed by atoms with van der Waals surface area (Å²) in [7, 11) is 0. The van der Waals surface area contributed by atoms with Gasteiger partial charge in [0.2, 0.25) is 0 Å². The van der Waals surface area contributed by atoms with Gasteiger partial charge in [0.05, 0.1) is 10.9 Å². The molecule has 1 aromatic rings. The molecule has 0 aliphatic carbocycles. The number of halogens is 2. The highest BCUT2D eigenvalue weighted by atomic mass is 35.5. The molecular formula is C15H19ClFNO2. The van der Waals surface area contributed by atoms with E-state index in [1.807, 2.05) is 0 Å².